The fraction of sp³-hybridized carbons (Fsp3) is 0.522. The predicted molar refractivity (Wildman–Crippen MR) is 116 cm³/mol. The molecule has 0 amide bonds. The number of fused-ring (bicyclic) bond motifs is 1. The normalized spacial score (nSPS) is 17.9. The molecule has 0 unspecified atom stereocenters. The molecule has 5 rings (SSSR count). The number of ether oxygens (including phenoxy) is 2. The maximum atomic E-state index is 6.20. The number of methoxy groups -OCH3 is 2. The highest BCUT2D eigenvalue weighted by molar-refractivity contribution is 5.86. The van der Waals surface area contributed by atoms with E-state index >= 15 is 0 Å². The molecule has 0 bridgehead atoms. The van der Waals surface area contributed by atoms with Gasteiger partial charge in [0.2, 0.25) is 5.88 Å². The van der Waals surface area contributed by atoms with Gasteiger partial charge < -0.3 is 9.47 Å². The van der Waals surface area contributed by atoms with Crippen LogP contribution in [0.5, 0.6) is 5.88 Å². The third kappa shape index (κ3) is 3.48. The van der Waals surface area contributed by atoms with Gasteiger partial charge in [-0.2, -0.15) is 0 Å². The van der Waals surface area contributed by atoms with Crippen LogP contribution >= 0.6 is 0 Å². The summed E-state index contributed by atoms with van der Waals surface area (Å²) < 4.78 is 11.6. The van der Waals surface area contributed by atoms with Gasteiger partial charge in [0, 0.05) is 25.1 Å². The van der Waals surface area contributed by atoms with Crippen molar-refractivity contribution in [3.8, 4) is 28.4 Å². The van der Waals surface area contributed by atoms with Gasteiger partial charge in [-0.25, -0.2) is 10.1 Å². The number of H-pyrrole nitrogens is 1. The highest BCUT2D eigenvalue weighted by atomic mass is 16.5. The summed E-state index contributed by atoms with van der Waals surface area (Å²) in [5, 5.41) is 15.1. The Bertz CT molecular complexity index is 1060. The fourth-order valence-electron chi connectivity index (χ4n) is 5.22. The monoisotopic (exact) mass is 420 g/mol. The molecule has 0 radical (unpaired) electrons. The van der Waals surface area contributed by atoms with Gasteiger partial charge >= 0.3 is 0 Å². The summed E-state index contributed by atoms with van der Waals surface area (Å²) in [7, 11) is 3.44. The summed E-state index contributed by atoms with van der Waals surface area (Å²) in [4.78, 5) is 9.62. The van der Waals surface area contributed by atoms with E-state index in [2.05, 4.69) is 25.6 Å². The van der Waals surface area contributed by atoms with Gasteiger partial charge in [-0.15, -0.1) is 5.10 Å². The minimum Gasteiger partial charge on any atom is -0.481 e. The maximum absolute atomic E-state index is 6.20. The number of nitrogens with zero attached hydrogens (tertiary/aromatic N) is 5. The van der Waals surface area contributed by atoms with Crippen LogP contribution in [0.4, 0.5) is 0 Å². The second-order valence-electron chi connectivity index (χ2n) is 8.44. The Morgan fingerprint density at radius 1 is 1.00 bits per heavy atom. The first-order valence-electron chi connectivity index (χ1n) is 11.1. The zero-order valence-corrected chi connectivity index (χ0v) is 18.1. The van der Waals surface area contributed by atoms with Crippen molar-refractivity contribution in [3.05, 3.63) is 35.3 Å². The van der Waals surface area contributed by atoms with Gasteiger partial charge in [0.05, 0.1) is 18.4 Å². The van der Waals surface area contributed by atoms with Crippen molar-refractivity contribution in [2.24, 2.45) is 0 Å². The Balaban J connectivity index is 1.87. The van der Waals surface area contributed by atoms with Crippen LogP contribution in [0.25, 0.3) is 22.5 Å². The van der Waals surface area contributed by atoms with Crippen LogP contribution in [0.15, 0.2) is 18.3 Å². The van der Waals surface area contributed by atoms with Crippen LogP contribution in [0, 0.1) is 0 Å². The highest BCUT2D eigenvalue weighted by Gasteiger charge is 2.41. The fourth-order valence-corrected chi connectivity index (χ4v) is 5.22. The number of aromatic nitrogens is 6. The molecular weight excluding hydrogens is 392 g/mol. The molecule has 0 atom stereocenters. The molecule has 1 fully saturated rings. The van der Waals surface area contributed by atoms with Gasteiger partial charge in [0.25, 0.3) is 0 Å². The van der Waals surface area contributed by atoms with E-state index in [4.69, 9.17) is 14.5 Å². The van der Waals surface area contributed by atoms with Crippen molar-refractivity contribution in [2.45, 2.75) is 63.4 Å². The van der Waals surface area contributed by atoms with Crippen LogP contribution in [0.1, 0.15) is 61.9 Å². The average molecular weight is 421 g/mol. The summed E-state index contributed by atoms with van der Waals surface area (Å²) in [6.07, 6.45) is 11.4. The minimum atomic E-state index is -0.421. The number of hydrogen-bond acceptors (Lipinski definition) is 7. The molecule has 8 heteroatoms. The zero-order chi connectivity index (χ0) is 21.3. The molecule has 2 aliphatic carbocycles. The van der Waals surface area contributed by atoms with Crippen LogP contribution in [0.2, 0.25) is 0 Å². The summed E-state index contributed by atoms with van der Waals surface area (Å²) in [6.45, 7) is 0. The third-order valence-electron chi connectivity index (χ3n) is 6.77. The highest BCUT2D eigenvalue weighted by Crippen LogP contribution is 2.48. The molecule has 3 aromatic heterocycles. The van der Waals surface area contributed by atoms with Gasteiger partial charge in [-0.3, -0.25) is 4.98 Å². The lowest BCUT2D eigenvalue weighted by atomic mass is 9.84. The second kappa shape index (κ2) is 8.34. The largest absolute Gasteiger partial charge is 0.481 e. The zero-order valence-electron chi connectivity index (χ0n) is 18.1. The van der Waals surface area contributed by atoms with E-state index in [9.17, 15) is 0 Å². The van der Waals surface area contributed by atoms with Crippen molar-refractivity contribution < 1.29 is 9.47 Å². The van der Waals surface area contributed by atoms with E-state index in [0.29, 0.717) is 11.7 Å². The molecule has 0 spiro atoms. The van der Waals surface area contributed by atoms with E-state index in [-0.39, 0.29) is 0 Å². The van der Waals surface area contributed by atoms with Crippen molar-refractivity contribution in [1.29, 1.82) is 0 Å². The van der Waals surface area contributed by atoms with Crippen molar-refractivity contribution >= 4 is 0 Å². The summed E-state index contributed by atoms with van der Waals surface area (Å²) in [6, 6.07) is 4.03. The van der Waals surface area contributed by atoms with Crippen LogP contribution < -0.4 is 4.74 Å². The number of aryl methyl sites for hydroxylation is 1. The predicted octanol–water partition coefficient (Wildman–Crippen LogP) is 4.02. The molecule has 1 saturated carbocycles. The van der Waals surface area contributed by atoms with Crippen molar-refractivity contribution in [2.75, 3.05) is 14.2 Å². The average Bonchev–Trinajstić information content (AvgIpc) is 3.47. The lowest BCUT2D eigenvalue weighted by molar-refractivity contribution is -0.0120. The Hall–Kier alpha value is -2.87. The quantitative estimate of drug-likeness (QED) is 0.623. The molecule has 0 aliphatic heterocycles. The van der Waals surface area contributed by atoms with Crippen LogP contribution in [0.3, 0.4) is 0 Å². The lowest BCUT2D eigenvalue weighted by Crippen LogP contribution is -2.28. The lowest BCUT2D eigenvalue weighted by Gasteiger charge is -2.31. The second-order valence-corrected chi connectivity index (χ2v) is 8.44. The first-order chi connectivity index (χ1) is 15.3. The smallest absolute Gasteiger partial charge is 0.213 e. The molecule has 31 heavy (non-hydrogen) atoms. The topological polar surface area (TPSA) is 98.7 Å². The van der Waals surface area contributed by atoms with Crippen LogP contribution in [-0.2, 0) is 23.2 Å². The molecule has 0 aromatic carbocycles. The Labute approximate surface area is 181 Å². The number of hydrogen-bond donors (Lipinski definition) is 1. The Morgan fingerprint density at radius 2 is 1.84 bits per heavy atom. The number of nitrogens with one attached hydrogen (secondary N) is 1. The number of pyridine rings is 2. The van der Waals surface area contributed by atoms with Gasteiger partial charge in [-0.05, 0) is 71.7 Å². The molecule has 162 valence electrons. The molecule has 2 aliphatic rings. The number of tetrazole rings is 1. The van der Waals surface area contributed by atoms with Gasteiger partial charge in [0.1, 0.15) is 5.60 Å². The standard InChI is InChI=1S/C23H28N6O2/c1-30-18-14-15(10-13-24-18)19-16-8-4-3-5-9-17(16)25-21(20(19)22-26-28-29-27-22)23(31-2)11-6-7-12-23/h10,13-14H,3-9,11-12H2,1-2H3,(H,26,27,28,29). The SMILES string of the molecule is COc1cc(-c2c3c(nc(C4(OC)CCCC4)c2-c2nnn[nH]2)CCCCC3)ccn1. The van der Waals surface area contributed by atoms with Gasteiger partial charge in [-0.1, -0.05) is 19.3 Å². The van der Waals surface area contributed by atoms with Crippen molar-refractivity contribution in [3.63, 3.8) is 0 Å². The van der Waals surface area contributed by atoms with Gasteiger partial charge in [0.15, 0.2) is 5.82 Å². The summed E-state index contributed by atoms with van der Waals surface area (Å²) in [5.74, 6) is 1.21. The first kappa shape index (κ1) is 20.1. The molecule has 3 aromatic rings. The maximum Gasteiger partial charge on any atom is 0.213 e. The minimum absolute atomic E-state index is 0.421. The van der Waals surface area contributed by atoms with Crippen molar-refractivity contribution in [1.82, 2.24) is 30.6 Å². The third-order valence-corrected chi connectivity index (χ3v) is 6.77. The van der Waals surface area contributed by atoms with E-state index < -0.39 is 5.60 Å². The van der Waals surface area contributed by atoms with E-state index in [1.165, 1.54) is 17.7 Å². The molecular formula is C23H28N6O2. The van der Waals surface area contributed by atoms with E-state index in [1.807, 2.05) is 12.1 Å². The van der Waals surface area contributed by atoms with E-state index in [0.717, 1.165) is 73.8 Å². The molecule has 0 saturated heterocycles. The Kier molecular flexibility index (Phi) is 5.40. The molecule has 1 N–H and O–H groups in total. The number of aromatic amines is 1. The summed E-state index contributed by atoms with van der Waals surface area (Å²) >= 11 is 0. The molecule has 8 nitrogen and oxygen atoms in total. The Morgan fingerprint density at radius 3 is 2.58 bits per heavy atom. The van der Waals surface area contributed by atoms with Crippen LogP contribution in [-0.4, -0.2) is 44.8 Å². The first-order valence-corrected chi connectivity index (χ1v) is 11.1. The summed E-state index contributed by atoms with van der Waals surface area (Å²) in [5.41, 5.74) is 6.12. The molecule has 3 heterocycles. The number of rotatable bonds is 5. The van der Waals surface area contributed by atoms with E-state index in [1.54, 1.807) is 20.4 Å².